The summed E-state index contributed by atoms with van der Waals surface area (Å²) in [5.74, 6) is 0.909. The third-order valence-corrected chi connectivity index (χ3v) is 19.2. The Morgan fingerprint density at radius 2 is 0.800 bits per heavy atom. The number of aliphatic hydroxyl groups excluding tert-OH is 3. The van der Waals surface area contributed by atoms with Crippen LogP contribution in [0.25, 0.3) is 0 Å². The Labute approximate surface area is 497 Å². The average Bonchev–Trinajstić information content (AvgIpc) is 3.31. The minimum absolute atomic E-state index is 0.0137. The molecule has 0 bridgehead atoms. The molecule has 3 fully saturated rings. The van der Waals surface area contributed by atoms with E-state index in [0.29, 0.717) is 23.9 Å². The van der Waals surface area contributed by atoms with Crippen LogP contribution in [0.1, 0.15) is 183 Å². The summed E-state index contributed by atoms with van der Waals surface area (Å²) in [5.41, 5.74) is 19.0. The lowest BCUT2D eigenvalue weighted by Crippen LogP contribution is -2.14. The molecular weight excluding hydrogens is 1070 g/mol. The highest BCUT2D eigenvalue weighted by atomic mass is 19.1. The first kappa shape index (κ1) is 58.6. The Balaban J connectivity index is 0.000000111. The normalized spacial score (nSPS) is 25.4. The molecule has 85 heavy (non-hydrogen) atoms. The zero-order valence-electron chi connectivity index (χ0n) is 48.7. The first-order valence-corrected chi connectivity index (χ1v) is 30.5. The third-order valence-electron chi connectivity index (χ3n) is 19.2. The predicted octanol–water partition coefficient (Wildman–Crippen LogP) is 15.7. The monoisotopic (exact) mass is 1150 g/mol. The van der Waals surface area contributed by atoms with Gasteiger partial charge in [-0.15, -0.1) is 0 Å². The summed E-state index contributed by atoms with van der Waals surface area (Å²) in [6, 6.07) is 53.9. The fourth-order valence-corrected chi connectivity index (χ4v) is 14.6. The molecule has 0 unspecified atom stereocenters. The van der Waals surface area contributed by atoms with Gasteiger partial charge in [0.15, 0.2) is 0 Å². The van der Waals surface area contributed by atoms with Crippen molar-refractivity contribution in [2.75, 3.05) is 26.4 Å². The fraction of sp³-hybridized carbons (Fsp3) is 0.360. The van der Waals surface area contributed by atoms with Crippen molar-refractivity contribution in [3.8, 4) is 0 Å². The van der Waals surface area contributed by atoms with Crippen molar-refractivity contribution in [1.29, 1.82) is 0 Å². The van der Waals surface area contributed by atoms with Crippen LogP contribution in [0, 0.1) is 29.2 Å². The van der Waals surface area contributed by atoms with Gasteiger partial charge in [0.25, 0.3) is 0 Å². The second-order valence-corrected chi connectivity index (χ2v) is 24.8. The van der Waals surface area contributed by atoms with Crippen LogP contribution in [0.2, 0.25) is 0 Å². The molecule has 0 aromatic heterocycles. The van der Waals surface area contributed by atoms with Gasteiger partial charge in [0.1, 0.15) is 23.3 Å². The molecule has 15 rings (SSSR count). The van der Waals surface area contributed by atoms with Gasteiger partial charge < -0.3 is 29.5 Å². The minimum Gasteiger partial charge on any atom is -0.396 e. The van der Waals surface area contributed by atoms with Gasteiger partial charge in [-0.25, -0.2) is 17.6 Å². The molecule has 3 heterocycles. The van der Waals surface area contributed by atoms with E-state index in [0.717, 1.165) is 104 Å². The van der Waals surface area contributed by atoms with Gasteiger partial charge in [-0.05, 0) is 219 Å². The van der Waals surface area contributed by atoms with E-state index in [-0.39, 0.29) is 78.5 Å². The van der Waals surface area contributed by atoms with Crippen molar-refractivity contribution in [3.05, 3.63) is 282 Å². The van der Waals surface area contributed by atoms with Gasteiger partial charge >= 0.3 is 0 Å². The number of benzene rings is 8. The van der Waals surface area contributed by atoms with Crippen LogP contribution < -0.4 is 0 Å². The largest absolute Gasteiger partial charge is 0.396 e. The third kappa shape index (κ3) is 13.0. The fourth-order valence-electron chi connectivity index (χ4n) is 14.6. The number of ether oxygens (including phenoxy) is 3. The molecule has 0 spiro atoms. The summed E-state index contributed by atoms with van der Waals surface area (Å²) in [4.78, 5) is 0. The highest BCUT2D eigenvalue weighted by Gasteiger charge is 2.41. The summed E-state index contributed by atoms with van der Waals surface area (Å²) < 4.78 is 71.5. The molecule has 6 nitrogen and oxygen atoms in total. The van der Waals surface area contributed by atoms with E-state index in [1.807, 2.05) is 42.5 Å². The molecule has 3 saturated heterocycles. The van der Waals surface area contributed by atoms with Crippen LogP contribution in [-0.4, -0.2) is 60.1 Å². The average molecular weight is 1150 g/mol. The highest BCUT2D eigenvalue weighted by Crippen LogP contribution is 2.50. The summed E-state index contributed by atoms with van der Waals surface area (Å²) in [6.45, 7) is 8.35. The molecule has 440 valence electrons. The Kier molecular flexibility index (Phi) is 17.7. The lowest BCUT2D eigenvalue weighted by Gasteiger charge is -2.27. The van der Waals surface area contributed by atoms with E-state index in [1.54, 1.807) is 36.4 Å². The number of epoxide rings is 2. The molecular formula is C75H76F4O6. The molecule has 3 N–H and O–H groups in total. The molecule has 4 aliphatic carbocycles. The van der Waals surface area contributed by atoms with Crippen molar-refractivity contribution in [2.45, 2.75) is 138 Å². The highest BCUT2D eigenvalue weighted by molar-refractivity contribution is 5.49. The van der Waals surface area contributed by atoms with Crippen molar-refractivity contribution < 1.29 is 47.1 Å². The van der Waals surface area contributed by atoms with Crippen LogP contribution in [-0.2, 0) is 39.9 Å². The maximum Gasteiger partial charge on any atom is 0.123 e. The van der Waals surface area contributed by atoms with E-state index in [2.05, 4.69) is 93.6 Å². The van der Waals surface area contributed by atoms with Crippen LogP contribution >= 0.6 is 0 Å². The van der Waals surface area contributed by atoms with E-state index >= 15 is 0 Å². The number of aliphatic hydroxyl groups is 3. The number of halogens is 4. The topological polar surface area (TPSA) is 95.0 Å². The Morgan fingerprint density at radius 1 is 0.435 bits per heavy atom. The number of hydrogen-bond donors (Lipinski definition) is 3. The maximum atomic E-state index is 13.7. The second kappa shape index (κ2) is 25.7. The maximum absolute atomic E-state index is 13.7. The lowest BCUT2D eigenvalue weighted by molar-refractivity contribution is 0.00829. The lowest BCUT2D eigenvalue weighted by atomic mass is 9.78. The molecule has 7 aliphatic rings. The molecule has 3 aliphatic heterocycles. The standard InChI is InChI=1S/C20H23FO.C19H19FO.2C18H17FO2/c1-13(12-22)9-20-14(2)19-11-17(21)8-7-16(19)10-15-5-3-4-6-18(15)20;1-12-18-9-15(20)7-6-14(18)8-13-4-2-3-5-17(13)19(12)10-16-11-21-16;19-13-6-5-12-7-11-3-1-2-4-15(11)17(9-14-10-21-14)18(20)16(12)8-13;19-13-6-5-12-7-11-3-1-2-4-15(11)17-9-14(10-20)21-18(17)16(12)8-13/h3-8,11,13-14,20,22H,9-10,12H2,1-2H3;2-7,9,12,16,19H,8,10-11H2,1H3;2*1-6,8,14,17-18,20H,7,9-10H2/t13-,14+,20+;12-,16-,19-;14-,17+,18-;14-,17-,18+/m1001/s1. The molecule has 0 amide bonds. The minimum atomic E-state index is -0.677. The molecule has 8 aromatic rings. The van der Waals surface area contributed by atoms with Crippen LogP contribution in [0.4, 0.5) is 17.6 Å². The SMILES string of the molecule is C[C@@H](CO)C[C@@H]1c2ccccc2Cc2ccc(F)cc2[C@@H]1C.C[C@H]1c2cc(F)ccc2Cc2ccccc2[C@H]1C[C@H]1CO1.OC[C@H]1C[C@@H]2c3ccccc3Cc3ccc(F)cc3[C@@H]2O1.O[C@H]1c2cc(F)ccc2Cc2ccccc2[C@H]1C[C@H]1CO1. The summed E-state index contributed by atoms with van der Waals surface area (Å²) >= 11 is 0. The summed E-state index contributed by atoms with van der Waals surface area (Å²) in [6.07, 6.45) is 6.46. The first-order chi connectivity index (χ1) is 41.3. The van der Waals surface area contributed by atoms with E-state index in [9.17, 15) is 32.9 Å². The van der Waals surface area contributed by atoms with Crippen LogP contribution in [0.15, 0.2) is 170 Å². The van der Waals surface area contributed by atoms with Gasteiger partial charge in [-0.2, -0.15) is 0 Å². The molecule has 12 atom stereocenters. The Hall–Kier alpha value is -6.76. The summed E-state index contributed by atoms with van der Waals surface area (Å²) in [7, 11) is 0. The molecule has 0 saturated carbocycles. The zero-order valence-corrected chi connectivity index (χ0v) is 48.7. The molecule has 8 aromatic carbocycles. The number of hydrogen-bond acceptors (Lipinski definition) is 6. The van der Waals surface area contributed by atoms with Crippen LogP contribution in [0.5, 0.6) is 0 Å². The van der Waals surface area contributed by atoms with Gasteiger partial charge in [0, 0.05) is 18.4 Å². The smallest absolute Gasteiger partial charge is 0.123 e. The van der Waals surface area contributed by atoms with Gasteiger partial charge in [0.05, 0.1) is 50.3 Å². The molecule has 0 radical (unpaired) electrons. The molecule has 10 heteroatoms. The number of fused-ring (bicyclic) bond motifs is 11. The van der Waals surface area contributed by atoms with Crippen molar-refractivity contribution >= 4 is 0 Å². The van der Waals surface area contributed by atoms with Gasteiger partial charge in [-0.3, -0.25) is 0 Å². The second-order valence-electron chi connectivity index (χ2n) is 24.8. The predicted molar refractivity (Wildman–Crippen MR) is 324 cm³/mol. The zero-order chi connectivity index (χ0) is 58.9. The quantitative estimate of drug-likeness (QED) is 0.104. The van der Waals surface area contributed by atoms with Crippen LogP contribution in [0.3, 0.4) is 0 Å². The van der Waals surface area contributed by atoms with E-state index in [1.165, 1.54) is 68.3 Å². The van der Waals surface area contributed by atoms with Crippen molar-refractivity contribution in [1.82, 2.24) is 0 Å². The Morgan fingerprint density at radius 3 is 1.27 bits per heavy atom. The van der Waals surface area contributed by atoms with E-state index < -0.39 is 6.10 Å². The van der Waals surface area contributed by atoms with Gasteiger partial charge in [0.2, 0.25) is 0 Å². The Bertz CT molecular complexity index is 3530. The van der Waals surface area contributed by atoms with Crippen molar-refractivity contribution in [2.24, 2.45) is 5.92 Å². The first-order valence-electron chi connectivity index (χ1n) is 30.5. The summed E-state index contributed by atoms with van der Waals surface area (Å²) in [5, 5.41) is 29.7. The van der Waals surface area contributed by atoms with Crippen molar-refractivity contribution in [3.63, 3.8) is 0 Å². The van der Waals surface area contributed by atoms with Gasteiger partial charge in [-0.1, -0.05) is 142 Å². The van der Waals surface area contributed by atoms with E-state index in [4.69, 9.17) is 14.2 Å². The number of rotatable bonds is 8.